The van der Waals surface area contributed by atoms with E-state index in [4.69, 9.17) is 5.73 Å². The highest BCUT2D eigenvalue weighted by atomic mass is 16.1. The molecule has 1 aliphatic carbocycles. The lowest BCUT2D eigenvalue weighted by Gasteiger charge is -2.15. The van der Waals surface area contributed by atoms with Gasteiger partial charge in [-0.05, 0) is 38.6 Å². The van der Waals surface area contributed by atoms with Gasteiger partial charge in [0.1, 0.15) is 5.78 Å². The fraction of sp³-hybridized carbons (Fsp3) is 0.727. The summed E-state index contributed by atoms with van der Waals surface area (Å²) in [6.45, 7) is 0.706. The first-order chi connectivity index (χ1) is 6.34. The van der Waals surface area contributed by atoms with Crippen molar-refractivity contribution in [3.8, 4) is 0 Å². The van der Waals surface area contributed by atoms with Crippen LogP contribution in [0, 0.1) is 5.92 Å². The number of hydrogen-bond donors (Lipinski definition) is 1. The predicted octanol–water partition coefficient (Wildman–Crippen LogP) is 2.04. The molecule has 0 spiro atoms. The molecule has 0 radical (unpaired) electrons. The molecule has 0 aromatic rings. The molecule has 0 fully saturated rings. The topological polar surface area (TPSA) is 43.1 Å². The molecular formula is C11H19NO. The van der Waals surface area contributed by atoms with Crippen LogP contribution in [0.2, 0.25) is 0 Å². The van der Waals surface area contributed by atoms with E-state index in [0.717, 1.165) is 38.5 Å². The Morgan fingerprint density at radius 1 is 1.38 bits per heavy atom. The molecule has 0 aliphatic heterocycles. The van der Waals surface area contributed by atoms with Gasteiger partial charge in [0.05, 0.1) is 0 Å². The smallest absolute Gasteiger partial charge is 0.136 e. The van der Waals surface area contributed by atoms with Crippen LogP contribution in [0.25, 0.3) is 0 Å². The van der Waals surface area contributed by atoms with Crippen molar-refractivity contribution >= 4 is 5.78 Å². The summed E-state index contributed by atoms with van der Waals surface area (Å²) < 4.78 is 0. The monoisotopic (exact) mass is 181 g/mol. The normalized spacial score (nSPS) is 21.8. The van der Waals surface area contributed by atoms with Crippen molar-refractivity contribution in [2.75, 3.05) is 6.54 Å². The first-order valence-electron chi connectivity index (χ1n) is 5.22. The molecule has 0 aromatic heterocycles. The third-order valence-electron chi connectivity index (χ3n) is 2.60. The van der Waals surface area contributed by atoms with E-state index in [0.29, 0.717) is 18.2 Å². The molecule has 1 rings (SSSR count). The second kappa shape index (κ2) is 5.92. The number of unbranched alkanes of at least 4 members (excludes halogenated alkanes) is 1. The second-order valence-corrected chi connectivity index (χ2v) is 3.69. The van der Waals surface area contributed by atoms with Crippen molar-refractivity contribution in [3.05, 3.63) is 12.2 Å². The molecule has 0 amide bonds. The van der Waals surface area contributed by atoms with E-state index in [-0.39, 0.29) is 0 Å². The summed E-state index contributed by atoms with van der Waals surface area (Å²) in [5.41, 5.74) is 5.37. The Balaban J connectivity index is 2.18. The fourth-order valence-corrected chi connectivity index (χ4v) is 1.73. The average molecular weight is 181 g/mol. The van der Waals surface area contributed by atoms with Gasteiger partial charge in [0.15, 0.2) is 0 Å². The zero-order valence-electron chi connectivity index (χ0n) is 8.17. The Labute approximate surface area is 80.2 Å². The number of rotatable bonds is 5. The Morgan fingerprint density at radius 2 is 2.23 bits per heavy atom. The van der Waals surface area contributed by atoms with Gasteiger partial charge in [-0.2, -0.15) is 0 Å². The molecule has 2 N–H and O–H groups in total. The average Bonchev–Trinajstić information content (AvgIpc) is 2.19. The second-order valence-electron chi connectivity index (χ2n) is 3.69. The van der Waals surface area contributed by atoms with Gasteiger partial charge in [-0.1, -0.05) is 12.2 Å². The van der Waals surface area contributed by atoms with E-state index >= 15 is 0 Å². The Hall–Kier alpha value is -0.630. The first-order valence-corrected chi connectivity index (χ1v) is 5.22. The van der Waals surface area contributed by atoms with Crippen molar-refractivity contribution in [2.45, 2.75) is 38.5 Å². The van der Waals surface area contributed by atoms with Crippen molar-refractivity contribution in [3.63, 3.8) is 0 Å². The molecule has 2 nitrogen and oxygen atoms in total. The summed E-state index contributed by atoms with van der Waals surface area (Å²) in [6, 6.07) is 0. The van der Waals surface area contributed by atoms with Crippen molar-refractivity contribution in [1.29, 1.82) is 0 Å². The molecule has 0 saturated heterocycles. The van der Waals surface area contributed by atoms with Crippen molar-refractivity contribution < 1.29 is 4.79 Å². The van der Waals surface area contributed by atoms with Gasteiger partial charge >= 0.3 is 0 Å². The largest absolute Gasteiger partial charge is 0.330 e. The summed E-state index contributed by atoms with van der Waals surface area (Å²) in [7, 11) is 0. The van der Waals surface area contributed by atoms with Crippen molar-refractivity contribution in [2.24, 2.45) is 11.7 Å². The molecule has 74 valence electrons. The summed E-state index contributed by atoms with van der Waals surface area (Å²) in [6.07, 6.45) is 10.1. The molecule has 1 unspecified atom stereocenters. The number of ketones is 1. The number of carbonyl (C=O) groups excluding carboxylic acids is 1. The maximum Gasteiger partial charge on any atom is 0.136 e. The SMILES string of the molecule is NCCCCC(=O)C1CC=CCC1. The van der Waals surface area contributed by atoms with Crippen LogP contribution in [-0.4, -0.2) is 12.3 Å². The highest BCUT2D eigenvalue weighted by Crippen LogP contribution is 2.20. The zero-order chi connectivity index (χ0) is 9.52. The van der Waals surface area contributed by atoms with Crippen molar-refractivity contribution in [1.82, 2.24) is 0 Å². The summed E-state index contributed by atoms with van der Waals surface area (Å²) in [5.74, 6) is 0.751. The van der Waals surface area contributed by atoms with Gasteiger partial charge in [-0.25, -0.2) is 0 Å². The van der Waals surface area contributed by atoms with E-state index in [9.17, 15) is 4.79 Å². The highest BCUT2D eigenvalue weighted by Gasteiger charge is 2.17. The standard InChI is InChI=1S/C11H19NO/c12-9-5-4-8-11(13)10-6-2-1-3-7-10/h1-2,10H,3-9,12H2. The quantitative estimate of drug-likeness (QED) is 0.521. The predicted molar refractivity (Wildman–Crippen MR) is 54.4 cm³/mol. The lowest BCUT2D eigenvalue weighted by atomic mass is 9.88. The van der Waals surface area contributed by atoms with Crippen LogP contribution in [0.5, 0.6) is 0 Å². The molecule has 0 bridgehead atoms. The summed E-state index contributed by atoms with van der Waals surface area (Å²) >= 11 is 0. The first kappa shape index (κ1) is 10.5. The number of allylic oxidation sites excluding steroid dienone is 2. The van der Waals surface area contributed by atoms with E-state index in [1.165, 1.54) is 0 Å². The minimum Gasteiger partial charge on any atom is -0.330 e. The van der Waals surface area contributed by atoms with E-state index < -0.39 is 0 Å². The van der Waals surface area contributed by atoms with Crippen LogP contribution in [0.1, 0.15) is 38.5 Å². The zero-order valence-corrected chi connectivity index (χ0v) is 8.17. The van der Waals surface area contributed by atoms with Gasteiger partial charge in [0.25, 0.3) is 0 Å². The van der Waals surface area contributed by atoms with Crippen LogP contribution in [0.4, 0.5) is 0 Å². The summed E-state index contributed by atoms with van der Waals surface area (Å²) in [4.78, 5) is 11.6. The molecular weight excluding hydrogens is 162 g/mol. The maximum absolute atomic E-state index is 11.6. The van der Waals surface area contributed by atoms with Gasteiger partial charge in [0, 0.05) is 12.3 Å². The van der Waals surface area contributed by atoms with Crippen LogP contribution < -0.4 is 5.73 Å². The van der Waals surface area contributed by atoms with Crippen LogP contribution in [-0.2, 0) is 4.79 Å². The van der Waals surface area contributed by atoms with Crippen LogP contribution in [0.3, 0.4) is 0 Å². The van der Waals surface area contributed by atoms with Gasteiger partial charge < -0.3 is 5.73 Å². The van der Waals surface area contributed by atoms with Gasteiger partial charge in [-0.15, -0.1) is 0 Å². The molecule has 2 heteroatoms. The van der Waals surface area contributed by atoms with Crippen LogP contribution in [0.15, 0.2) is 12.2 Å². The fourth-order valence-electron chi connectivity index (χ4n) is 1.73. The lowest BCUT2D eigenvalue weighted by molar-refractivity contribution is -0.123. The number of hydrogen-bond acceptors (Lipinski definition) is 2. The number of carbonyl (C=O) groups is 1. The highest BCUT2D eigenvalue weighted by molar-refractivity contribution is 5.81. The van der Waals surface area contributed by atoms with Crippen LogP contribution >= 0.6 is 0 Å². The third kappa shape index (κ3) is 3.73. The van der Waals surface area contributed by atoms with E-state index in [1.807, 2.05) is 0 Å². The minimum atomic E-state index is 0.308. The Bertz CT molecular complexity index is 187. The molecule has 13 heavy (non-hydrogen) atoms. The number of nitrogens with two attached hydrogens (primary N) is 1. The maximum atomic E-state index is 11.6. The summed E-state index contributed by atoms with van der Waals surface area (Å²) in [5, 5.41) is 0. The van der Waals surface area contributed by atoms with E-state index in [2.05, 4.69) is 12.2 Å². The molecule has 1 atom stereocenters. The molecule has 0 heterocycles. The third-order valence-corrected chi connectivity index (χ3v) is 2.60. The molecule has 0 saturated carbocycles. The lowest BCUT2D eigenvalue weighted by Crippen LogP contribution is -2.15. The Kier molecular flexibility index (Phi) is 4.76. The molecule has 0 aromatic carbocycles. The minimum absolute atomic E-state index is 0.308. The van der Waals surface area contributed by atoms with Gasteiger partial charge in [0.2, 0.25) is 0 Å². The molecule has 1 aliphatic rings. The Morgan fingerprint density at radius 3 is 2.85 bits per heavy atom. The number of Topliss-reactive ketones (excluding diaryl/α,β-unsaturated/α-hetero) is 1. The van der Waals surface area contributed by atoms with E-state index in [1.54, 1.807) is 0 Å². The van der Waals surface area contributed by atoms with Gasteiger partial charge in [-0.3, -0.25) is 4.79 Å².